The lowest BCUT2D eigenvalue weighted by atomic mass is 9.98. The van der Waals surface area contributed by atoms with Crippen molar-refractivity contribution < 1.29 is 13.2 Å². The van der Waals surface area contributed by atoms with Crippen LogP contribution in [0.1, 0.15) is 12.8 Å². The number of piperidine rings is 1. The first-order valence-corrected chi connectivity index (χ1v) is 8.58. The van der Waals surface area contributed by atoms with Crippen LogP contribution in [-0.2, 0) is 14.8 Å². The number of hydrogen-bond donors (Lipinski definition) is 1. The summed E-state index contributed by atoms with van der Waals surface area (Å²) in [6, 6.07) is 1.35. The molecule has 0 aliphatic carbocycles. The predicted octanol–water partition coefficient (Wildman–Crippen LogP) is 1.94. The standard InChI is InChI=1S/C10H12Cl2N2O3S2/c11-8-5-7(9(12)18-8)19(16,17)14-3-1-6(2-4-14)10(13)15/h5-6H,1-4H2,(H2,13,15). The maximum atomic E-state index is 12.4. The van der Waals surface area contributed by atoms with Crippen LogP contribution in [-0.4, -0.2) is 31.7 Å². The van der Waals surface area contributed by atoms with Crippen LogP contribution in [0.25, 0.3) is 0 Å². The van der Waals surface area contributed by atoms with Gasteiger partial charge in [-0.3, -0.25) is 4.79 Å². The minimum Gasteiger partial charge on any atom is -0.369 e. The van der Waals surface area contributed by atoms with Crippen molar-refractivity contribution in [3.63, 3.8) is 0 Å². The second kappa shape index (κ2) is 5.57. The molecule has 0 saturated carbocycles. The second-order valence-electron chi connectivity index (χ2n) is 4.27. The molecule has 5 nitrogen and oxygen atoms in total. The number of primary amides is 1. The van der Waals surface area contributed by atoms with E-state index in [-0.39, 0.29) is 34.1 Å². The number of nitrogens with zero attached hydrogens (tertiary/aromatic N) is 1. The summed E-state index contributed by atoms with van der Waals surface area (Å²) < 4.78 is 26.5. The first kappa shape index (κ1) is 15.1. The summed E-state index contributed by atoms with van der Waals surface area (Å²) in [7, 11) is -3.65. The highest BCUT2D eigenvalue weighted by atomic mass is 35.5. The molecule has 2 N–H and O–H groups in total. The highest BCUT2D eigenvalue weighted by Crippen LogP contribution is 2.36. The largest absolute Gasteiger partial charge is 0.369 e. The number of thiophene rings is 1. The normalized spacial score (nSPS) is 18.6. The van der Waals surface area contributed by atoms with Gasteiger partial charge in [0.15, 0.2) is 0 Å². The molecule has 1 amide bonds. The van der Waals surface area contributed by atoms with Gasteiger partial charge in [-0.05, 0) is 18.9 Å². The SMILES string of the molecule is NC(=O)C1CCN(S(=O)(=O)c2cc(Cl)sc2Cl)CC1. The Morgan fingerprint density at radius 2 is 1.95 bits per heavy atom. The molecular weight excluding hydrogens is 331 g/mol. The minimum absolute atomic E-state index is 0.0293. The zero-order valence-electron chi connectivity index (χ0n) is 9.80. The van der Waals surface area contributed by atoms with Crippen molar-refractivity contribution in [3.8, 4) is 0 Å². The molecule has 19 heavy (non-hydrogen) atoms. The van der Waals surface area contributed by atoms with Crippen molar-refractivity contribution in [1.29, 1.82) is 0 Å². The molecule has 1 aromatic heterocycles. The maximum Gasteiger partial charge on any atom is 0.245 e. The Labute approximate surface area is 125 Å². The van der Waals surface area contributed by atoms with Crippen molar-refractivity contribution in [1.82, 2.24) is 4.31 Å². The van der Waals surface area contributed by atoms with Crippen LogP contribution in [0.4, 0.5) is 0 Å². The van der Waals surface area contributed by atoms with E-state index < -0.39 is 10.0 Å². The molecule has 1 aliphatic rings. The molecule has 0 radical (unpaired) electrons. The van der Waals surface area contributed by atoms with Crippen molar-refractivity contribution in [3.05, 3.63) is 14.7 Å². The third kappa shape index (κ3) is 3.05. The number of hydrogen-bond acceptors (Lipinski definition) is 4. The van der Waals surface area contributed by atoms with Crippen LogP contribution in [0.2, 0.25) is 8.67 Å². The van der Waals surface area contributed by atoms with Crippen LogP contribution in [0, 0.1) is 5.92 Å². The fourth-order valence-corrected chi connectivity index (χ4v) is 5.60. The van der Waals surface area contributed by atoms with E-state index in [0.29, 0.717) is 17.2 Å². The summed E-state index contributed by atoms with van der Waals surface area (Å²) >= 11 is 12.7. The Bertz CT molecular complexity index is 592. The summed E-state index contributed by atoms with van der Waals surface area (Å²) in [6.07, 6.45) is 0.869. The van der Waals surface area contributed by atoms with Gasteiger partial charge in [-0.2, -0.15) is 4.31 Å². The maximum absolute atomic E-state index is 12.4. The van der Waals surface area contributed by atoms with Crippen molar-refractivity contribution in [2.45, 2.75) is 17.7 Å². The molecule has 106 valence electrons. The van der Waals surface area contributed by atoms with E-state index >= 15 is 0 Å². The third-order valence-electron chi connectivity index (χ3n) is 3.10. The molecule has 0 aromatic carbocycles. The van der Waals surface area contributed by atoms with Gasteiger partial charge in [0.1, 0.15) is 9.23 Å². The van der Waals surface area contributed by atoms with Crippen LogP contribution in [0.3, 0.4) is 0 Å². The zero-order chi connectivity index (χ0) is 14.2. The Hall–Kier alpha value is -0.340. The Morgan fingerprint density at radius 3 is 2.37 bits per heavy atom. The third-order valence-corrected chi connectivity index (χ3v) is 6.75. The van der Waals surface area contributed by atoms with Gasteiger partial charge >= 0.3 is 0 Å². The van der Waals surface area contributed by atoms with E-state index in [2.05, 4.69) is 0 Å². The molecule has 1 saturated heterocycles. The highest BCUT2D eigenvalue weighted by Gasteiger charge is 2.33. The first-order chi connectivity index (χ1) is 8.82. The lowest BCUT2D eigenvalue weighted by molar-refractivity contribution is -0.122. The zero-order valence-corrected chi connectivity index (χ0v) is 12.9. The Balaban J connectivity index is 2.19. The van der Waals surface area contributed by atoms with Crippen molar-refractivity contribution in [2.75, 3.05) is 13.1 Å². The Morgan fingerprint density at radius 1 is 1.37 bits per heavy atom. The number of sulfonamides is 1. The quantitative estimate of drug-likeness (QED) is 0.911. The van der Waals surface area contributed by atoms with E-state index in [1.54, 1.807) is 0 Å². The number of carbonyl (C=O) groups is 1. The van der Waals surface area contributed by atoms with Crippen LogP contribution in [0.5, 0.6) is 0 Å². The molecule has 2 heterocycles. The fourth-order valence-electron chi connectivity index (χ4n) is 2.02. The van der Waals surface area contributed by atoms with Crippen LogP contribution >= 0.6 is 34.5 Å². The molecule has 1 fully saturated rings. The highest BCUT2D eigenvalue weighted by molar-refractivity contribution is 7.89. The van der Waals surface area contributed by atoms with Gasteiger partial charge in [-0.1, -0.05) is 23.2 Å². The number of nitrogens with two attached hydrogens (primary N) is 1. The molecule has 1 aromatic rings. The van der Waals surface area contributed by atoms with E-state index in [0.717, 1.165) is 11.3 Å². The van der Waals surface area contributed by atoms with Crippen molar-refractivity contribution >= 4 is 50.5 Å². The van der Waals surface area contributed by atoms with Gasteiger partial charge in [0.05, 0.1) is 4.34 Å². The van der Waals surface area contributed by atoms with E-state index in [9.17, 15) is 13.2 Å². The fraction of sp³-hybridized carbons (Fsp3) is 0.500. The predicted molar refractivity (Wildman–Crippen MR) is 75.0 cm³/mol. The monoisotopic (exact) mass is 342 g/mol. The molecule has 0 atom stereocenters. The van der Waals surface area contributed by atoms with Crippen molar-refractivity contribution in [2.24, 2.45) is 11.7 Å². The summed E-state index contributed by atoms with van der Waals surface area (Å²) in [4.78, 5) is 11.1. The summed E-state index contributed by atoms with van der Waals surface area (Å²) in [5.74, 6) is -0.637. The molecular formula is C10H12Cl2N2O3S2. The molecule has 0 spiro atoms. The number of halogens is 2. The number of amides is 1. The van der Waals surface area contributed by atoms with Crippen LogP contribution in [0.15, 0.2) is 11.0 Å². The summed E-state index contributed by atoms with van der Waals surface area (Å²) in [6.45, 7) is 0.527. The van der Waals surface area contributed by atoms with Gasteiger partial charge in [0.2, 0.25) is 15.9 Å². The molecule has 0 bridgehead atoms. The average Bonchev–Trinajstić information content (AvgIpc) is 2.69. The number of rotatable bonds is 3. The lowest BCUT2D eigenvalue weighted by Gasteiger charge is -2.29. The van der Waals surface area contributed by atoms with E-state index in [1.165, 1.54) is 10.4 Å². The molecule has 2 rings (SSSR count). The van der Waals surface area contributed by atoms with E-state index in [1.807, 2.05) is 0 Å². The van der Waals surface area contributed by atoms with Gasteiger partial charge in [0, 0.05) is 19.0 Å². The van der Waals surface area contributed by atoms with Gasteiger partial charge < -0.3 is 5.73 Å². The topological polar surface area (TPSA) is 80.5 Å². The first-order valence-electron chi connectivity index (χ1n) is 5.56. The van der Waals surface area contributed by atoms with Crippen LogP contribution < -0.4 is 5.73 Å². The Kier molecular flexibility index (Phi) is 4.42. The lowest BCUT2D eigenvalue weighted by Crippen LogP contribution is -2.41. The summed E-state index contributed by atoms with van der Waals surface area (Å²) in [5.41, 5.74) is 5.22. The van der Waals surface area contributed by atoms with Gasteiger partial charge in [0.25, 0.3) is 0 Å². The average molecular weight is 343 g/mol. The van der Waals surface area contributed by atoms with E-state index in [4.69, 9.17) is 28.9 Å². The smallest absolute Gasteiger partial charge is 0.245 e. The molecule has 0 unspecified atom stereocenters. The minimum atomic E-state index is -3.65. The summed E-state index contributed by atoms with van der Waals surface area (Å²) in [5, 5.41) is 0. The second-order valence-corrected chi connectivity index (χ2v) is 8.46. The number of carbonyl (C=O) groups excluding carboxylic acids is 1. The van der Waals surface area contributed by atoms with Gasteiger partial charge in [-0.15, -0.1) is 11.3 Å². The van der Waals surface area contributed by atoms with Gasteiger partial charge in [-0.25, -0.2) is 8.42 Å². The molecule has 1 aliphatic heterocycles. The molecule has 9 heteroatoms.